The van der Waals surface area contributed by atoms with Gasteiger partial charge in [0.1, 0.15) is 5.60 Å². The van der Waals surface area contributed by atoms with Crippen LogP contribution in [0.25, 0.3) is 10.2 Å². The van der Waals surface area contributed by atoms with Crippen LogP contribution in [-0.2, 0) is 15.1 Å². The van der Waals surface area contributed by atoms with Crippen molar-refractivity contribution >= 4 is 39.4 Å². The zero-order valence-electron chi connectivity index (χ0n) is 20.2. The highest BCUT2D eigenvalue weighted by molar-refractivity contribution is 7.19. The van der Waals surface area contributed by atoms with Crippen LogP contribution in [0.2, 0.25) is 0 Å². The van der Waals surface area contributed by atoms with E-state index in [9.17, 15) is 9.90 Å². The molecular formula is C23H35N5O4S. The van der Waals surface area contributed by atoms with E-state index in [0.717, 1.165) is 59.9 Å². The maximum absolute atomic E-state index is 12.1. The molecule has 0 aromatic carbocycles. The Bertz CT molecular complexity index is 983. The number of carbonyl (C=O) groups is 1. The van der Waals surface area contributed by atoms with Gasteiger partial charge in [-0.25, -0.2) is 9.78 Å². The second kappa shape index (κ2) is 9.23. The number of hydrogen-bond acceptors (Lipinski definition) is 9. The van der Waals surface area contributed by atoms with E-state index in [1.807, 2.05) is 26.8 Å². The van der Waals surface area contributed by atoms with E-state index in [-0.39, 0.29) is 12.1 Å². The number of aliphatic hydroxyl groups is 1. The number of ether oxygens (including phenoxy) is 2. The topological polar surface area (TPSA) is 100 Å². The number of piperidine rings is 1. The third-order valence-electron chi connectivity index (χ3n) is 5.75. The van der Waals surface area contributed by atoms with Gasteiger partial charge in [0.2, 0.25) is 5.95 Å². The monoisotopic (exact) mass is 477 g/mol. The maximum atomic E-state index is 12.1. The van der Waals surface area contributed by atoms with Crippen LogP contribution in [0.15, 0.2) is 6.07 Å². The summed E-state index contributed by atoms with van der Waals surface area (Å²) in [7, 11) is 0. The van der Waals surface area contributed by atoms with Crippen molar-refractivity contribution in [3.05, 3.63) is 10.9 Å². The SMILES string of the molecule is CC(C)(C)OC(=O)NC1CCN(c2nc(N3CCOCC3)c3sc(C(C)(C)O)cc3n2)CC1. The molecule has 2 saturated heterocycles. The number of thiophene rings is 1. The van der Waals surface area contributed by atoms with Gasteiger partial charge in [-0.15, -0.1) is 11.3 Å². The molecule has 4 heterocycles. The highest BCUT2D eigenvalue weighted by Crippen LogP contribution is 2.38. The number of hydrogen-bond donors (Lipinski definition) is 2. The molecule has 33 heavy (non-hydrogen) atoms. The van der Waals surface area contributed by atoms with E-state index in [0.29, 0.717) is 19.2 Å². The first-order chi connectivity index (χ1) is 15.5. The molecule has 0 unspecified atom stereocenters. The summed E-state index contributed by atoms with van der Waals surface area (Å²) in [5.74, 6) is 1.60. The van der Waals surface area contributed by atoms with Gasteiger partial charge >= 0.3 is 6.09 Å². The Morgan fingerprint density at radius 3 is 2.39 bits per heavy atom. The van der Waals surface area contributed by atoms with E-state index in [2.05, 4.69) is 15.1 Å². The third kappa shape index (κ3) is 5.85. The molecule has 0 bridgehead atoms. The highest BCUT2D eigenvalue weighted by Gasteiger charge is 2.28. The molecule has 4 rings (SSSR count). The zero-order valence-corrected chi connectivity index (χ0v) is 21.0. The molecule has 2 aliphatic heterocycles. The molecule has 0 aliphatic carbocycles. The number of nitrogens with zero attached hydrogens (tertiary/aromatic N) is 4. The molecule has 9 nitrogen and oxygen atoms in total. The fourth-order valence-corrected chi connectivity index (χ4v) is 5.15. The molecule has 1 amide bonds. The maximum Gasteiger partial charge on any atom is 0.407 e. The normalized spacial score (nSPS) is 18.6. The average molecular weight is 478 g/mol. The minimum atomic E-state index is -0.931. The lowest BCUT2D eigenvalue weighted by Gasteiger charge is -2.34. The number of rotatable bonds is 4. The van der Waals surface area contributed by atoms with Crippen molar-refractivity contribution in [1.29, 1.82) is 0 Å². The minimum absolute atomic E-state index is 0.0708. The van der Waals surface area contributed by atoms with Crippen molar-refractivity contribution in [2.75, 3.05) is 49.2 Å². The summed E-state index contributed by atoms with van der Waals surface area (Å²) in [6.07, 6.45) is 1.23. The van der Waals surface area contributed by atoms with Crippen LogP contribution >= 0.6 is 11.3 Å². The number of amides is 1. The van der Waals surface area contributed by atoms with Crippen LogP contribution in [0.4, 0.5) is 16.6 Å². The molecular weight excluding hydrogens is 442 g/mol. The molecule has 0 spiro atoms. The Morgan fingerprint density at radius 2 is 1.79 bits per heavy atom. The lowest BCUT2D eigenvalue weighted by atomic mass is 10.1. The van der Waals surface area contributed by atoms with Crippen molar-refractivity contribution < 1.29 is 19.4 Å². The molecule has 2 aromatic rings. The molecule has 2 fully saturated rings. The van der Waals surface area contributed by atoms with Crippen LogP contribution in [0, 0.1) is 0 Å². The van der Waals surface area contributed by atoms with Crippen LogP contribution in [-0.4, -0.2) is 72.2 Å². The number of fused-ring (bicyclic) bond motifs is 1. The van der Waals surface area contributed by atoms with E-state index in [1.165, 1.54) is 0 Å². The summed E-state index contributed by atoms with van der Waals surface area (Å²) in [5.41, 5.74) is -0.580. The average Bonchev–Trinajstić information content (AvgIpc) is 3.18. The largest absolute Gasteiger partial charge is 0.444 e. The van der Waals surface area contributed by atoms with Gasteiger partial charge in [-0.3, -0.25) is 0 Å². The third-order valence-corrected chi connectivity index (χ3v) is 7.19. The van der Waals surface area contributed by atoms with Gasteiger partial charge in [-0.2, -0.15) is 4.98 Å². The van der Waals surface area contributed by atoms with Gasteiger partial charge in [0.25, 0.3) is 0 Å². The van der Waals surface area contributed by atoms with Gasteiger partial charge in [0.15, 0.2) is 5.82 Å². The Balaban J connectivity index is 1.53. The molecule has 0 saturated carbocycles. The van der Waals surface area contributed by atoms with Crippen molar-refractivity contribution in [2.45, 2.75) is 64.7 Å². The summed E-state index contributed by atoms with van der Waals surface area (Å²) in [4.78, 5) is 27.3. The Hall–Kier alpha value is -2.17. The van der Waals surface area contributed by atoms with Crippen LogP contribution in [0.5, 0.6) is 0 Å². The molecule has 2 aliphatic rings. The summed E-state index contributed by atoms with van der Waals surface area (Å²) in [6, 6.07) is 2.05. The number of aromatic nitrogens is 2. The summed E-state index contributed by atoms with van der Waals surface area (Å²) < 4.78 is 11.9. The smallest absolute Gasteiger partial charge is 0.407 e. The molecule has 0 atom stereocenters. The van der Waals surface area contributed by atoms with Crippen molar-refractivity contribution in [1.82, 2.24) is 15.3 Å². The summed E-state index contributed by atoms with van der Waals surface area (Å²) in [5, 5.41) is 13.5. The predicted molar refractivity (Wildman–Crippen MR) is 130 cm³/mol. The first kappa shape index (κ1) is 24.0. The van der Waals surface area contributed by atoms with Gasteiger partial charge < -0.3 is 29.7 Å². The van der Waals surface area contributed by atoms with Gasteiger partial charge in [-0.05, 0) is 53.5 Å². The van der Waals surface area contributed by atoms with E-state index in [1.54, 1.807) is 25.2 Å². The quantitative estimate of drug-likeness (QED) is 0.692. The molecule has 182 valence electrons. The number of carbonyl (C=O) groups excluding carboxylic acids is 1. The lowest BCUT2D eigenvalue weighted by molar-refractivity contribution is 0.0497. The zero-order chi connectivity index (χ0) is 23.8. The fourth-order valence-electron chi connectivity index (χ4n) is 4.03. The number of nitrogens with one attached hydrogen (secondary N) is 1. The lowest BCUT2D eigenvalue weighted by Crippen LogP contribution is -2.46. The Kier molecular flexibility index (Phi) is 6.70. The van der Waals surface area contributed by atoms with Gasteiger partial charge in [0.05, 0.1) is 29.0 Å². The first-order valence-electron chi connectivity index (χ1n) is 11.6. The molecule has 2 N–H and O–H groups in total. The number of alkyl carbamates (subject to hydrolysis) is 1. The summed E-state index contributed by atoms with van der Waals surface area (Å²) in [6.45, 7) is 13.6. The minimum Gasteiger partial charge on any atom is -0.444 e. The van der Waals surface area contributed by atoms with Crippen molar-refractivity contribution in [2.24, 2.45) is 0 Å². The van der Waals surface area contributed by atoms with E-state index in [4.69, 9.17) is 19.4 Å². The molecule has 10 heteroatoms. The second-order valence-corrected chi connectivity index (χ2v) is 11.3. The Labute approximate surface area is 199 Å². The van der Waals surface area contributed by atoms with Crippen molar-refractivity contribution in [3.8, 4) is 0 Å². The van der Waals surface area contributed by atoms with Crippen LogP contribution < -0.4 is 15.1 Å². The van der Waals surface area contributed by atoms with Crippen molar-refractivity contribution in [3.63, 3.8) is 0 Å². The van der Waals surface area contributed by atoms with E-state index < -0.39 is 11.2 Å². The second-order valence-electron chi connectivity index (χ2n) is 10.2. The summed E-state index contributed by atoms with van der Waals surface area (Å²) >= 11 is 1.55. The number of anilines is 2. The molecule has 0 radical (unpaired) electrons. The van der Waals surface area contributed by atoms with Crippen LogP contribution in [0.1, 0.15) is 52.3 Å². The predicted octanol–water partition coefficient (Wildman–Crippen LogP) is 3.25. The van der Waals surface area contributed by atoms with Gasteiger partial charge in [-0.1, -0.05) is 0 Å². The van der Waals surface area contributed by atoms with Crippen LogP contribution in [0.3, 0.4) is 0 Å². The first-order valence-corrected chi connectivity index (χ1v) is 12.4. The van der Waals surface area contributed by atoms with E-state index >= 15 is 0 Å². The highest BCUT2D eigenvalue weighted by atomic mass is 32.1. The fraction of sp³-hybridized carbons (Fsp3) is 0.696. The number of morpholine rings is 1. The van der Waals surface area contributed by atoms with Gasteiger partial charge in [0, 0.05) is 37.1 Å². The Morgan fingerprint density at radius 1 is 1.12 bits per heavy atom. The molecule has 2 aromatic heterocycles. The standard InChI is InChI=1S/C23H35N5O4S/c1-22(2,3)32-21(29)24-15-6-8-28(9-7-15)20-25-16-14-17(23(4,5)30)33-18(16)19(26-20)27-10-12-31-13-11-27/h14-15,30H,6-13H2,1-5H3,(H,24,29).